The van der Waals surface area contributed by atoms with Crippen LogP contribution in [0.4, 0.5) is 10.1 Å². The number of amides is 2. The number of nitrogens with one attached hydrogen (secondary N) is 2. The van der Waals surface area contributed by atoms with E-state index in [0.29, 0.717) is 47.3 Å². The van der Waals surface area contributed by atoms with E-state index in [9.17, 15) is 23.9 Å². The van der Waals surface area contributed by atoms with Crippen LogP contribution in [0.2, 0.25) is 0 Å². The number of anilines is 1. The van der Waals surface area contributed by atoms with Crippen molar-refractivity contribution in [2.45, 2.75) is 51.2 Å². The van der Waals surface area contributed by atoms with E-state index in [2.05, 4.69) is 10.6 Å². The molecule has 0 aliphatic heterocycles. The number of aryl methyl sites for hydroxylation is 1. The van der Waals surface area contributed by atoms with Gasteiger partial charge in [0.1, 0.15) is 5.82 Å². The Morgan fingerprint density at radius 3 is 2.33 bits per heavy atom. The summed E-state index contributed by atoms with van der Waals surface area (Å²) in [6.45, 7) is 4.93. The maximum atomic E-state index is 13.5. The number of ketones is 1. The molecule has 2 aromatic rings. The van der Waals surface area contributed by atoms with Crippen molar-refractivity contribution >= 4 is 23.3 Å². The second-order valence-electron chi connectivity index (χ2n) is 8.73. The average molecular weight is 413 g/mol. The van der Waals surface area contributed by atoms with Crippen LogP contribution in [0.15, 0.2) is 18.2 Å². The smallest absolute Gasteiger partial charge is 0.294 e. The van der Waals surface area contributed by atoms with E-state index in [-0.39, 0.29) is 11.5 Å². The van der Waals surface area contributed by atoms with Gasteiger partial charge in [0.25, 0.3) is 17.6 Å². The van der Waals surface area contributed by atoms with E-state index in [1.54, 1.807) is 27.8 Å². The minimum atomic E-state index is -0.735. The van der Waals surface area contributed by atoms with Crippen molar-refractivity contribution < 1.29 is 23.9 Å². The van der Waals surface area contributed by atoms with Gasteiger partial charge in [0, 0.05) is 24.0 Å². The summed E-state index contributed by atoms with van der Waals surface area (Å²) in [5.74, 6) is -2.25. The number of hydrogen-bond acceptors (Lipinski definition) is 4. The van der Waals surface area contributed by atoms with Crippen LogP contribution in [0, 0.1) is 26.6 Å². The molecule has 0 radical (unpaired) electrons. The number of hydrogen-bond donors (Lipinski definition) is 3. The van der Waals surface area contributed by atoms with Crippen LogP contribution in [0.1, 0.15) is 56.9 Å². The Morgan fingerprint density at radius 2 is 1.77 bits per heavy atom. The van der Waals surface area contributed by atoms with Crippen molar-refractivity contribution in [3.05, 3.63) is 52.1 Å². The summed E-state index contributed by atoms with van der Waals surface area (Å²) in [6.07, 6.45) is 1.40. The van der Waals surface area contributed by atoms with E-state index in [1.165, 1.54) is 22.8 Å². The highest BCUT2D eigenvalue weighted by atomic mass is 19.1. The Kier molecular flexibility index (Phi) is 4.39. The van der Waals surface area contributed by atoms with Crippen molar-refractivity contribution in [3.8, 4) is 0 Å². The van der Waals surface area contributed by atoms with Gasteiger partial charge in [-0.2, -0.15) is 0 Å². The molecule has 8 heteroatoms. The molecule has 3 N–H and O–H groups in total. The molecule has 0 unspecified atom stereocenters. The van der Waals surface area contributed by atoms with Crippen LogP contribution < -0.4 is 10.6 Å². The third-order valence-electron chi connectivity index (χ3n) is 6.38. The summed E-state index contributed by atoms with van der Waals surface area (Å²) in [5, 5.41) is 15.3. The lowest BCUT2D eigenvalue weighted by molar-refractivity contribution is -0.219. The van der Waals surface area contributed by atoms with Crippen molar-refractivity contribution in [1.82, 2.24) is 9.88 Å². The molecule has 3 saturated carbocycles. The van der Waals surface area contributed by atoms with Crippen LogP contribution in [-0.4, -0.2) is 38.4 Å². The first-order valence-electron chi connectivity index (χ1n) is 9.78. The lowest BCUT2D eigenvalue weighted by Gasteiger charge is -2.67. The average Bonchev–Trinajstić information content (AvgIpc) is 2.84. The molecule has 1 aromatic heterocycles. The Morgan fingerprint density at radius 1 is 1.13 bits per heavy atom. The lowest BCUT2D eigenvalue weighted by atomic mass is 9.46. The molecule has 3 fully saturated rings. The summed E-state index contributed by atoms with van der Waals surface area (Å²) in [5.41, 5.74) is 1.08. The van der Waals surface area contributed by atoms with Gasteiger partial charge in [-0.25, -0.2) is 4.39 Å². The van der Waals surface area contributed by atoms with E-state index < -0.39 is 28.7 Å². The van der Waals surface area contributed by atoms with Gasteiger partial charge in [-0.1, -0.05) is 0 Å². The summed E-state index contributed by atoms with van der Waals surface area (Å²) < 4.78 is 15.0. The first-order valence-corrected chi connectivity index (χ1v) is 9.78. The van der Waals surface area contributed by atoms with Gasteiger partial charge in [-0.05, 0) is 69.4 Å². The normalized spacial score (nSPS) is 23.9. The highest BCUT2D eigenvalue weighted by molar-refractivity contribution is 6.43. The van der Waals surface area contributed by atoms with E-state index >= 15 is 0 Å². The van der Waals surface area contributed by atoms with E-state index in [0.717, 1.165) is 0 Å². The quantitative estimate of drug-likeness (QED) is 0.517. The fourth-order valence-corrected chi connectivity index (χ4v) is 4.82. The Bertz CT molecular complexity index is 1100. The Balaban J connectivity index is 1.56. The lowest BCUT2D eigenvalue weighted by Crippen LogP contribution is -2.79. The molecule has 0 atom stereocenters. The third kappa shape index (κ3) is 3.02. The zero-order chi connectivity index (χ0) is 22.0. The van der Waals surface area contributed by atoms with Crippen molar-refractivity contribution in [3.63, 3.8) is 0 Å². The molecule has 5 rings (SSSR count). The number of carbonyl (C=O) groups excluding carboxylic acids is 3. The topological polar surface area (TPSA) is 100 Å². The molecule has 0 spiro atoms. The predicted octanol–water partition coefficient (Wildman–Crippen LogP) is 2.31. The fraction of sp³-hybridized carbons (Fsp3) is 0.409. The molecule has 158 valence electrons. The van der Waals surface area contributed by atoms with E-state index in [4.69, 9.17) is 0 Å². The van der Waals surface area contributed by atoms with Crippen molar-refractivity contribution in [2.75, 3.05) is 5.32 Å². The number of carbonyl (C=O) groups is 3. The summed E-state index contributed by atoms with van der Waals surface area (Å²) >= 11 is 0. The van der Waals surface area contributed by atoms with Crippen LogP contribution in [0.25, 0.3) is 0 Å². The number of benzene rings is 1. The highest BCUT2D eigenvalue weighted by Crippen LogP contribution is 2.60. The predicted molar refractivity (Wildman–Crippen MR) is 108 cm³/mol. The van der Waals surface area contributed by atoms with Crippen molar-refractivity contribution in [1.29, 1.82) is 0 Å². The molecule has 2 amide bonds. The molecule has 3 aliphatic carbocycles. The minimum absolute atomic E-state index is 0.149. The maximum Gasteiger partial charge on any atom is 0.294 e. The highest BCUT2D eigenvalue weighted by Gasteiger charge is 2.68. The molecule has 3 aliphatic rings. The summed E-state index contributed by atoms with van der Waals surface area (Å²) in [7, 11) is 1.63. The Labute approximate surface area is 173 Å². The Hall–Kier alpha value is -3.00. The number of halogens is 1. The largest absolute Gasteiger partial charge is 0.390 e. The standard InChI is InChI=1S/C22H24FN3O4/c1-11-7-14(5-6-15(11)23)24-19(28)16-12(2)17(26(4)13(16)3)18(27)20(29)25-21-8-22(30,9-21)10-21/h5-7,30H,8-10H2,1-4H3,(H,24,28)(H,25,29). The van der Waals surface area contributed by atoms with Gasteiger partial charge in [0.15, 0.2) is 0 Å². The number of Topliss-reactive ketones (excluding diaryl/α,β-unsaturated/α-hetero) is 1. The molecule has 0 saturated heterocycles. The fourth-order valence-electron chi connectivity index (χ4n) is 4.82. The molecule has 7 nitrogen and oxygen atoms in total. The number of aromatic nitrogens is 1. The van der Waals surface area contributed by atoms with Gasteiger partial charge in [0.05, 0.1) is 16.9 Å². The van der Waals surface area contributed by atoms with Crippen LogP contribution in [0.3, 0.4) is 0 Å². The zero-order valence-electron chi connectivity index (χ0n) is 17.4. The second kappa shape index (κ2) is 6.50. The van der Waals surface area contributed by atoms with Gasteiger partial charge in [0.2, 0.25) is 0 Å². The first-order chi connectivity index (χ1) is 14.0. The third-order valence-corrected chi connectivity index (χ3v) is 6.38. The molecular formula is C22H24FN3O4. The first kappa shape index (κ1) is 20.3. The van der Waals surface area contributed by atoms with Crippen LogP contribution in [0.5, 0.6) is 0 Å². The molecule has 1 aromatic carbocycles. The van der Waals surface area contributed by atoms with Gasteiger partial charge >= 0.3 is 0 Å². The zero-order valence-corrected chi connectivity index (χ0v) is 17.4. The number of aliphatic hydroxyl groups is 1. The van der Waals surface area contributed by atoms with E-state index in [1.807, 2.05) is 0 Å². The molecule has 1 heterocycles. The second-order valence-corrected chi connectivity index (χ2v) is 8.73. The molecule has 2 bridgehead atoms. The van der Waals surface area contributed by atoms with Crippen LogP contribution >= 0.6 is 0 Å². The summed E-state index contributed by atoms with van der Waals surface area (Å²) in [4.78, 5) is 38.3. The molecular weight excluding hydrogens is 389 g/mol. The van der Waals surface area contributed by atoms with Crippen LogP contribution in [-0.2, 0) is 11.8 Å². The van der Waals surface area contributed by atoms with Gasteiger partial charge in [-0.15, -0.1) is 0 Å². The SMILES string of the molecule is Cc1cc(NC(=O)c2c(C)c(C(=O)C(=O)NC34CC(O)(C3)C4)n(C)c2C)ccc1F. The number of nitrogens with zero attached hydrogens (tertiary/aromatic N) is 1. The monoisotopic (exact) mass is 413 g/mol. The minimum Gasteiger partial charge on any atom is -0.390 e. The summed E-state index contributed by atoms with van der Waals surface area (Å²) in [6, 6.07) is 4.26. The van der Waals surface area contributed by atoms with Gasteiger partial charge in [-0.3, -0.25) is 14.4 Å². The number of rotatable bonds is 5. The van der Waals surface area contributed by atoms with Crippen molar-refractivity contribution in [2.24, 2.45) is 7.05 Å². The van der Waals surface area contributed by atoms with Gasteiger partial charge < -0.3 is 20.3 Å². The molecule has 30 heavy (non-hydrogen) atoms. The maximum absolute atomic E-state index is 13.5.